The molecule has 0 aliphatic heterocycles. The van der Waals surface area contributed by atoms with E-state index in [-0.39, 0.29) is 18.1 Å². The van der Waals surface area contributed by atoms with Gasteiger partial charge >= 0.3 is 360 Å². The molecule has 0 saturated carbocycles. The molecule has 6 aromatic rings. The van der Waals surface area contributed by atoms with Gasteiger partial charge < -0.3 is 0 Å². The molecule has 2 unspecified atom stereocenters. The molecule has 0 amide bonds. The second kappa shape index (κ2) is 14.9. The van der Waals surface area contributed by atoms with Crippen LogP contribution in [-0.4, -0.2) is 5.92 Å². The third kappa shape index (κ3) is 6.66. The number of hydrogen-bond donors (Lipinski definition) is 0. The number of rotatable bonds is 7. The number of benzene rings is 6. The third-order valence-electron chi connectivity index (χ3n) is 13.3. The first-order valence-electron chi connectivity index (χ1n) is 21.0. The number of allylic oxidation sites excluding steroid dienone is 2. The summed E-state index contributed by atoms with van der Waals surface area (Å²) in [6, 6.07) is 49.4. The maximum absolute atomic E-state index is 9.16. The van der Waals surface area contributed by atoms with E-state index in [1.165, 1.54) is 89.0 Å². The van der Waals surface area contributed by atoms with Gasteiger partial charge in [0, 0.05) is 0 Å². The predicted octanol–water partition coefficient (Wildman–Crippen LogP) is 16.1. The Balaban J connectivity index is 1.50. The second-order valence-corrected chi connectivity index (χ2v) is 61.8. The first-order valence-corrected chi connectivity index (χ1v) is 37.3. The first-order chi connectivity index (χ1) is 27.4. The van der Waals surface area contributed by atoms with Crippen molar-refractivity contribution < 1.29 is 15.6 Å². The fourth-order valence-corrected chi connectivity index (χ4v) is 40.3. The molecule has 0 bridgehead atoms. The zero-order valence-electron chi connectivity index (χ0n) is 35.8. The van der Waals surface area contributed by atoms with Crippen LogP contribution >= 0.6 is 17.0 Å². The van der Waals surface area contributed by atoms with E-state index in [2.05, 4.69) is 214 Å². The average molecular weight is 896 g/mol. The van der Waals surface area contributed by atoms with Crippen LogP contribution in [-0.2, 0) is 26.4 Å². The molecule has 2 aliphatic rings. The van der Waals surface area contributed by atoms with Crippen LogP contribution in [0.5, 0.6) is 0 Å². The van der Waals surface area contributed by atoms with Crippen molar-refractivity contribution in [3.8, 4) is 22.3 Å². The Bertz CT molecular complexity index is 2440. The quantitative estimate of drug-likeness (QED) is 0.140. The summed E-state index contributed by atoms with van der Waals surface area (Å²) in [5, 5.41) is 0. The van der Waals surface area contributed by atoms with Crippen LogP contribution in [0.3, 0.4) is 0 Å². The van der Waals surface area contributed by atoms with Gasteiger partial charge in [-0.1, -0.05) is 0 Å². The monoisotopic (exact) mass is 893 g/mol. The predicted molar refractivity (Wildman–Crippen MR) is 255 cm³/mol. The fraction of sp³-hybridized carbons (Fsp3) is 0.259. The van der Waals surface area contributed by atoms with Gasteiger partial charge in [-0.25, -0.2) is 0 Å². The minimum atomic E-state index is -5.32. The van der Waals surface area contributed by atoms with E-state index in [0.717, 1.165) is 0 Å². The van der Waals surface area contributed by atoms with E-state index in [1.54, 1.807) is 0 Å². The van der Waals surface area contributed by atoms with Crippen molar-refractivity contribution in [2.75, 3.05) is 0 Å². The summed E-state index contributed by atoms with van der Waals surface area (Å²) < 4.78 is -0.226. The Morgan fingerprint density at radius 3 is 1.14 bits per heavy atom. The number of fused-ring (bicyclic) bond motifs is 2. The molecule has 0 radical (unpaired) electrons. The molecule has 2 aliphatic carbocycles. The summed E-state index contributed by atoms with van der Waals surface area (Å²) >= 11 is -5.32. The maximum atomic E-state index is 9.16. The van der Waals surface area contributed by atoms with Gasteiger partial charge in [0.1, 0.15) is 0 Å². The van der Waals surface area contributed by atoms with Gasteiger partial charge in [0.2, 0.25) is 0 Å². The van der Waals surface area contributed by atoms with Gasteiger partial charge in [-0.2, -0.15) is 0 Å². The SMILES string of the molecule is Cc1ccccc1-c1c(C(C)(C)C)ccc2c1C=C(c1ccccc1)[CH]2[Zr]([Cl])([Cl])([CH]1C(c2ccccc2)=Cc2c1ccc(C(C)(C)C)c2-c1ccccc1C)[SiH](C)C. The van der Waals surface area contributed by atoms with Crippen LogP contribution in [0.25, 0.3) is 45.6 Å². The molecule has 4 heteroatoms. The molecule has 0 nitrogen and oxygen atoms in total. The minimum absolute atomic E-state index is 0.0808. The van der Waals surface area contributed by atoms with Crippen LogP contribution in [0.2, 0.25) is 13.1 Å². The van der Waals surface area contributed by atoms with E-state index in [9.17, 15) is 0 Å². The van der Waals surface area contributed by atoms with Crippen molar-refractivity contribution in [2.24, 2.45) is 0 Å². The Morgan fingerprint density at radius 1 is 0.466 bits per heavy atom. The van der Waals surface area contributed by atoms with Gasteiger partial charge in [-0.3, -0.25) is 0 Å². The standard InChI is InChI=1S/2C26H25.C2H7Si.2ClH.Zr/c2*1-18-10-8-9-13-22(18)25-23-17-21(19-11-6-5-7-12-19)16-20(23)14-15-24(25)26(2,3)4;1-3-2;;;/h2*5-17H,1-4H3;3H,1-2H3;2*1H;/q;;;;;+2/p-2. The average Bonchev–Trinajstić information content (AvgIpc) is 3.79. The van der Waals surface area contributed by atoms with Crippen molar-refractivity contribution in [3.63, 3.8) is 0 Å². The van der Waals surface area contributed by atoms with Crippen molar-refractivity contribution in [3.05, 3.63) is 189 Å². The van der Waals surface area contributed by atoms with Crippen LogP contribution in [0.15, 0.2) is 133 Å². The van der Waals surface area contributed by atoms with Crippen LogP contribution in [0.1, 0.15) is 104 Å². The van der Waals surface area contributed by atoms with Crippen molar-refractivity contribution >= 4 is 46.2 Å². The first kappa shape index (κ1) is 41.2. The summed E-state index contributed by atoms with van der Waals surface area (Å²) in [6.45, 7) is 23.4. The Hall–Kier alpha value is -3.52. The summed E-state index contributed by atoms with van der Waals surface area (Å²) in [6.07, 6.45) is 5.01. The van der Waals surface area contributed by atoms with E-state index in [0.29, 0.717) is 0 Å². The molecule has 6 aromatic carbocycles. The molecule has 2 atom stereocenters. The van der Waals surface area contributed by atoms with Gasteiger partial charge in [0.05, 0.1) is 0 Å². The Kier molecular flexibility index (Phi) is 10.6. The molecule has 0 aromatic heterocycles. The zero-order valence-corrected chi connectivity index (χ0v) is 41.0. The van der Waals surface area contributed by atoms with Crippen molar-refractivity contribution in [2.45, 2.75) is 86.6 Å². The normalized spacial score (nSPS) is 17.4. The summed E-state index contributed by atoms with van der Waals surface area (Å²) in [5.74, 6) is -1.89. The molecule has 58 heavy (non-hydrogen) atoms. The summed E-state index contributed by atoms with van der Waals surface area (Å²) in [5.41, 5.74) is 20.4. The van der Waals surface area contributed by atoms with Crippen LogP contribution in [0.4, 0.5) is 0 Å². The fourth-order valence-electron chi connectivity index (χ4n) is 10.2. The molecule has 0 heterocycles. The van der Waals surface area contributed by atoms with Crippen LogP contribution < -0.4 is 0 Å². The van der Waals surface area contributed by atoms with Crippen molar-refractivity contribution in [1.82, 2.24) is 0 Å². The molecular formula is C54H57Cl2SiZr. The molecule has 0 spiro atoms. The van der Waals surface area contributed by atoms with E-state index in [4.69, 9.17) is 17.0 Å². The molecule has 0 fully saturated rings. The third-order valence-corrected chi connectivity index (χ3v) is 64.8. The summed E-state index contributed by atoms with van der Waals surface area (Å²) in [7, 11) is 18.3. The molecule has 0 saturated heterocycles. The number of aryl methyl sites for hydroxylation is 2. The number of hydrogen-bond acceptors (Lipinski definition) is 0. The van der Waals surface area contributed by atoms with Gasteiger partial charge in [-0.15, -0.1) is 0 Å². The van der Waals surface area contributed by atoms with Crippen LogP contribution in [0, 0.1) is 13.8 Å². The zero-order chi connectivity index (χ0) is 41.4. The van der Waals surface area contributed by atoms with E-state index in [1.807, 2.05) is 0 Å². The Morgan fingerprint density at radius 2 is 0.810 bits per heavy atom. The molecule has 0 N–H and O–H groups in total. The molecule has 295 valence electrons. The van der Waals surface area contributed by atoms with Crippen molar-refractivity contribution in [1.29, 1.82) is 0 Å². The topological polar surface area (TPSA) is 0 Å². The molecular weight excluding hydrogens is 839 g/mol. The summed E-state index contributed by atoms with van der Waals surface area (Å²) in [4.78, 5) is 0. The molecule has 8 rings (SSSR count). The van der Waals surface area contributed by atoms with E-state index < -0.39 is 21.5 Å². The second-order valence-electron chi connectivity index (χ2n) is 19.3. The van der Waals surface area contributed by atoms with Gasteiger partial charge in [-0.05, 0) is 0 Å². The van der Waals surface area contributed by atoms with Gasteiger partial charge in [0.15, 0.2) is 0 Å². The number of halogens is 2. The van der Waals surface area contributed by atoms with Gasteiger partial charge in [0.25, 0.3) is 0 Å². The Labute approximate surface area is 356 Å². The van der Waals surface area contributed by atoms with E-state index >= 15 is 0 Å².